The molecule has 9 heteroatoms. The molecule has 2 aromatic carbocycles. The number of imidazole rings is 1. The van der Waals surface area contributed by atoms with E-state index < -0.39 is 5.72 Å². The number of amidine groups is 1. The Labute approximate surface area is 196 Å². The molecule has 0 spiro atoms. The molecular formula is C25H25FN4O4. The molecule has 1 aromatic heterocycles. The molecule has 0 amide bonds. The van der Waals surface area contributed by atoms with Crippen LogP contribution in [0.3, 0.4) is 0 Å². The number of aliphatic hydroxyl groups excluding tert-OH is 2. The summed E-state index contributed by atoms with van der Waals surface area (Å²) in [6, 6.07) is 11.8. The van der Waals surface area contributed by atoms with Crippen LogP contribution in [0.2, 0.25) is 0 Å². The number of aromatic nitrogens is 2. The van der Waals surface area contributed by atoms with Crippen LogP contribution in [0.4, 0.5) is 4.39 Å². The van der Waals surface area contributed by atoms with Crippen LogP contribution in [0.1, 0.15) is 29.7 Å². The maximum atomic E-state index is 13.5. The number of ether oxygens (including phenoxy) is 1. The van der Waals surface area contributed by atoms with Gasteiger partial charge in [0, 0.05) is 18.3 Å². The molecule has 3 aromatic rings. The topological polar surface area (TPSA) is 92.3 Å². The van der Waals surface area contributed by atoms with Crippen LogP contribution in [0.15, 0.2) is 65.7 Å². The third kappa shape index (κ3) is 3.72. The Kier molecular flexibility index (Phi) is 5.80. The lowest BCUT2D eigenvalue weighted by Gasteiger charge is -2.38. The van der Waals surface area contributed by atoms with Gasteiger partial charge in [0.25, 0.3) is 5.72 Å². The number of halogens is 1. The number of rotatable bonds is 6. The van der Waals surface area contributed by atoms with Crippen molar-refractivity contribution < 1.29 is 24.2 Å². The molecular weight excluding hydrogens is 439 g/mol. The first kappa shape index (κ1) is 22.1. The van der Waals surface area contributed by atoms with Crippen LogP contribution in [-0.4, -0.2) is 50.8 Å². The summed E-state index contributed by atoms with van der Waals surface area (Å²) < 4.78 is 20.9. The Morgan fingerprint density at radius 1 is 1.21 bits per heavy atom. The minimum Gasteiger partial charge on any atom is -0.495 e. The third-order valence-electron chi connectivity index (χ3n) is 6.22. The summed E-state index contributed by atoms with van der Waals surface area (Å²) in [5, 5.41) is 23.9. The molecule has 2 aliphatic rings. The van der Waals surface area contributed by atoms with Crippen molar-refractivity contribution in [2.24, 2.45) is 5.16 Å². The van der Waals surface area contributed by atoms with Crippen molar-refractivity contribution >= 4 is 11.9 Å². The number of hydrogen-bond acceptors (Lipinski definition) is 7. The number of methoxy groups -OCH3 is 1. The molecule has 1 atom stereocenters. The third-order valence-corrected chi connectivity index (χ3v) is 6.22. The van der Waals surface area contributed by atoms with Crippen LogP contribution in [0.25, 0.3) is 11.8 Å². The first-order valence-corrected chi connectivity index (χ1v) is 11.0. The van der Waals surface area contributed by atoms with Gasteiger partial charge in [-0.2, -0.15) is 0 Å². The molecule has 2 N–H and O–H groups in total. The second-order valence-corrected chi connectivity index (χ2v) is 8.24. The lowest BCUT2D eigenvalue weighted by atomic mass is 9.95. The monoisotopic (exact) mass is 464 g/mol. The molecule has 1 unspecified atom stereocenters. The molecule has 0 radical (unpaired) electrons. The van der Waals surface area contributed by atoms with Gasteiger partial charge in [0.05, 0.1) is 31.4 Å². The smallest absolute Gasteiger partial charge is 0.260 e. The SMILES string of the molecule is COc1cc(/C=C2\CCCN3C2=NOC3(CO)c2ccc(F)cc2)ccc1-n1cnc(CO)c1. The quantitative estimate of drug-likeness (QED) is 0.582. The van der Waals surface area contributed by atoms with E-state index in [1.54, 1.807) is 36.3 Å². The summed E-state index contributed by atoms with van der Waals surface area (Å²) in [5.74, 6) is 0.968. The maximum absolute atomic E-state index is 13.5. The fourth-order valence-electron chi connectivity index (χ4n) is 4.48. The fourth-order valence-corrected chi connectivity index (χ4v) is 4.48. The van der Waals surface area contributed by atoms with E-state index in [9.17, 15) is 14.6 Å². The first-order valence-electron chi connectivity index (χ1n) is 11.0. The second kappa shape index (κ2) is 8.92. The summed E-state index contributed by atoms with van der Waals surface area (Å²) >= 11 is 0. The highest BCUT2D eigenvalue weighted by Gasteiger charge is 2.49. The number of fused-ring (bicyclic) bond motifs is 1. The molecule has 3 heterocycles. The lowest BCUT2D eigenvalue weighted by Crippen LogP contribution is -2.51. The van der Waals surface area contributed by atoms with Gasteiger partial charge >= 0.3 is 0 Å². The van der Waals surface area contributed by atoms with E-state index in [0.29, 0.717) is 29.4 Å². The fraction of sp³-hybridized carbons (Fsp3) is 0.280. The van der Waals surface area contributed by atoms with Crippen LogP contribution >= 0.6 is 0 Å². The minimum absolute atomic E-state index is 0.132. The van der Waals surface area contributed by atoms with E-state index in [2.05, 4.69) is 10.1 Å². The van der Waals surface area contributed by atoms with Gasteiger partial charge in [-0.15, -0.1) is 0 Å². The Morgan fingerprint density at radius 3 is 2.74 bits per heavy atom. The van der Waals surface area contributed by atoms with Crippen LogP contribution in [-0.2, 0) is 17.2 Å². The summed E-state index contributed by atoms with van der Waals surface area (Å²) in [6.07, 6.45) is 7.07. The Balaban J connectivity index is 1.46. The largest absolute Gasteiger partial charge is 0.495 e. The average Bonchev–Trinajstić information content (AvgIpc) is 3.50. The second-order valence-electron chi connectivity index (χ2n) is 8.24. The van der Waals surface area contributed by atoms with Crippen molar-refractivity contribution in [3.05, 3.63) is 83.2 Å². The van der Waals surface area contributed by atoms with Crippen molar-refractivity contribution in [3.8, 4) is 11.4 Å². The summed E-state index contributed by atoms with van der Waals surface area (Å²) in [7, 11) is 1.61. The van der Waals surface area contributed by atoms with E-state index in [1.807, 2.05) is 29.2 Å². The number of hydrogen-bond donors (Lipinski definition) is 2. The van der Waals surface area contributed by atoms with Crippen molar-refractivity contribution in [1.82, 2.24) is 14.5 Å². The highest BCUT2D eigenvalue weighted by molar-refractivity contribution is 6.03. The molecule has 0 bridgehead atoms. The number of aliphatic hydroxyl groups is 2. The van der Waals surface area contributed by atoms with Crippen LogP contribution < -0.4 is 4.74 Å². The van der Waals surface area contributed by atoms with E-state index in [4.69, 9.17) is 9.57 Å². The maximum Gasteiger partial charge on any atom is 0.260 e. The standard InChI is InChI=1S/C25H25FN4O4/c1-33-23-12-17(4-9-22(23)29-13-21(14-31)27-16-29)11-18-3-2-10-30-24(18)28-34-25(30,15-32)19-5-7-20(26)8-6-19/h4-9,11-13,16,31-32H,2-3,10,14-15H2,1H3/b18-11+. The Hall–Kier alpha value is -3.69. The van der Waals surface area contributed by atoms with Crippen molar-refractivity contribution in [1.29, 1.82) is 0 Å². The summed E-state index contributed by atoms with van der Waals surface area (Å²) in [5.41, 5.74) is 2.75. The normalized spacial score (nSPS) is 20.8. The molecule has 0 aliphatic carbocycles. The Bertz CT molecular complexity index is 1250. The highest BCUT2D eigenvalue weighted by Crippen LogP contribution is 2.40. The van der Waals surface area contributed by atoms with Crippen molar-refractivity contribution in [2.75, 3.05) is 20.3 Å². The molecule has 1 saturated heterocycles. The van der Waals surface area contributed by atoms with Gasteiger partial charge in [-0.05, 0) is 66.5 Å². The van der Waals surface area contributed by atoms with Gasteiger partial charge in [0.1, 0.15) is 18.2 Å². The zero-order valence-electron chi connectivity index (χ0n) is 18.7. The molecule has 1 fully saturated rings. The summed E-state index contributed by atoms with van der Waals surface area (Å²) in [6.45, 7) is 0.208. The molecule has 5 rings (SSSR count). The van der Waals surface area contributed by atoms with Gasteiger partial charge in [-0.1, -0.05) is 11.2 Å². The zero-order chi connectivity index (χ0) is 23.7. The number of benzene rings is 2. The number of piperidine rings is 1. The van der Waals surface area contributed by atoms with Gasteiger partial charge in [0.2, 0.25) is 0 Å². The summed E-state index contributed by atoms with van der Waals surface area (Å²) in [4.78, 5) is 11.9. The lowest BCUT2D eigenvalue weighted by molar-refractivity contribution is -0.137. The highest BCUT2D eigenvalue weighted by atomic mass is 19.1. The molecule has 34 heavy (non-hydrogen) atoms. The minimum atomic E-state index is -1.17. The molecule has 0 saturated carbocycles. The van der Waals surface area contributed by atoms with Gasteiger partial charge in [-0.25, -0.2) is 9.37 Å². The molecule has 2 aliphatic heterocycles. The van der Waals surface area contributed by atoms with E-state index in [0.717, 1.165) is 29.7 Å². The predicted molar refractivity (Wildman–Crippen MR) is 124 cm³/mol. The Morgan fingerprint density at radius 2 is 2.03 bits per heavy atom. The van der Waals surface area contributed by atoms with E-state index in [-0.39, 0.29) is 19.0 Å². The van der Waals surface area contributed by atoms with Crippen molar-refractivity contribution in [2.45, 2.75) is 25.2 Å². The predicted octanol–water partition coefficient (Wildman–Crippen LogP) is 3.18. The van der Waals surface area contributed by atoms with Crippen LogP contribution in [0.5, 0.6) is 5.75 Å². The number of oxime groups is 1. The molecule has 176 valence electrons. The van der Waals surface area contributed by atoms with Crippen molar-refractivity contribution in [3.63, 3.8) is 0 Å². The average molecular weight is 464 g/mol. The number of nitrogens with zero attached hydrogens (tertiary/aromatic N) is 4. The van der Waals surface area contributed by atoms with Gasteiger partial charge in [0.15, 0.2) is 5.84 Å². The first-order chi connectivity index (χ1) is 16.6. The zero-order valence-corrected chi connectivity index (χ0v) is 18.7. The van der Waals surface area contributed by atoms with E-state index >= 15 is 0 Å². The van der Waals surface area contributed by atoms with Crippen LogP contribution in [0, 0.1) is 5.82 Å². The molecule has 8 nitrogen and oxygen atoms in total. The van der Waals surface area contributed by atoms with Gasteiger partial charge < -0.3 is 29.3 Å². The van der Waals surface area contributed by atoms with E-state index in [1.165, 1.54) is 12.1 Å². The van der Waals surface area contributed by atoms with Gasteiger partial charge in [-0.3, -0.25) is 0 Å².